The molecule has 0 aliphatic carbocycles. The van der Waals surface area contributed by atoms with Crippen molar-refractivity contribution in [1.29, 1.82) is 0 Å². The Balaban J connectivity index is 2.85. The Morgan fingerprint density at radius 1 is 1.33 bits per heavy atom. The normalized spacial score (nSPS) is 10.5. The summed E-state index contributed by atoms with van der Waals surface area (Å²) in [5.41, 5.74) is 0. The second-order valence-corrected chi connectivity index (χ2v) is 5.03. The second-order valence-electron chi connectivity index (χ2n) is 2.44. The third-order valence-electron chi connectivity index (χ3n) is 1.46. The van der Waals surface area contributed by atoms with Crippen molar-refractivity contribution in [2.45, 2.75) is 4.90 Å². The molecule has 0 unspecified atom stereocenters. The summed E-state index contributed by atoms with van der Waals surface area (Å²) < 4.78 is 30.1. The van der Waals surface area contributed by atoms with Gasteiger partial charge in [-0.3, -0.25) is 4.18 Å². The smallest absolute Gasteiger partial charge is 0.253 e. The van der Waals surface area contributed by atoms with Gasteiger partial charge in [-0.2, -0.15) is 8.42 Å². The Bertz CT molecular complexity index is 484. The van der Waals surface area contributed by atoms with Crippen molar-refractivity contribution in [2.75, 3.05) is 6.61 Å². The molecule has 0 amide bonds. The standard InChI is InChI=1S/C9H6ClIO3S/c10-8-2-4-9(5-3-8)15(12,13)14-7-1-6-11/h2-5H,7H2. The van der Waals surface area contributed by atoms with Gasteiger partial charge in [0.05, 0.1) is 4.90 Å². The molecule has 15 heavy (non-hydrogen) atoms. The molecule has 0 radical (unpaired) electrons. The van der Waals surface area contributed by atoms with Crippen molar-refractivity contribution in [1.82, 2.24) is 0 Å². The Morgan fingerprint density at radius 3 is 2.47 bits per heavy atom. The average Bonchev–Trinajstić information content (AvgIpc) is 2.18. The molecule has 0 aliphatic rings. The lowest BCUT2D eigenvalue weighted by Crippen LogP contribution is -2.06. The van der Waals surface area contributed by atoms with Crippen LogP contribution in [0.15, 0.2) is 29.2 Å². The van der Waals surface area contributed by atoms with E-state index >= 15 is 0 Å². The Kier molecular flexibility index (Phi) is 4.86. The molecule has 0 spiro atoms. The quantitative estimate of drug-likeness (QED) is 0.475. The van der Waals surface area contributed by atoms with Crippen LogP contribution in [0.4, 0.5) is 0 Å². The largest absolute Gasteiger partial charge is 0.297 e. The maximum Gasteiger partial charge on any atom is 0.297 e. The third kappa shape index (κ3) is 3.99. The van der Waals surface area contributed by atoms with E-state index in [0.29, 0.717) is 5.02 Å². The highest BCUT2D eigenvalue weighted by Crippen LogP contribution is 2.15. The minimum absolute atomic E-state index is 0.0714. The molecule has 0 aliphatic heterocycles. The van der Waals surface area contributed by atoms with E-state index in [1.807, 2.05) is 0 Å². The van der Waals surface area contributed by atoms with Crippen LogP contribution in [0.25, 0.3) is 0 Å². The summed E-state index contributed by atoms with van der Waals surface area (Å²) in [7, 11) is -3.71. The van der Waals surface area contributed by atoms with E-state index in [-0.39, 0.29) is 11.5 Å². The van der Waals surface area contributed by atoms with Crippen LogP contribution in [0.5, 0.6) is 0 Å². The van der Waals surface area contributed by atoms with Gasteiger partial charge in [0.15, 0.2) is 0 Å². The molecule has 80 valence electrons. The fourth-order valence-corrected chi connectivity index (χ4v) is 1.90. The van der Waals surface area contributed by atoms with Crippen molar-refractivity contribution >= 4 is 44.3 Å². The van der Waals surface area contributed by atoms with Crippen LogP contribution in [0.1, 0.15) is 0 Å². The van der Waals surface area contributed by atoms with Gasteiger partial charge in [-0.1, -0.05) is 17.5 Å². The fraction of sp³-hybridized carbons (Fsp3) is 0.111. The van der Waals surface area contributed by atoms with Crippen molar-refractivity contribution in [3.05, 3.63) is 29.3 Å². The van der Waals surface area contributed by atoms with E-state index < -0.39 is 10.1 Å². The van der Waals surface area contributed by atoms with E-state index in [9.17, 15) is 8.42 Å². The second kappa shape index (κ2) is 5.70. The van der Waals surface area contributed by atoms with Gasteiger partial charge in [-0.05, 0) is 28.2 Å². The number of halogens is 2. The highest BCUT2D eigenvalue weighted by Gasteiger charge is 2.13. The summed E-state index contributed by atoms with van der Waals surface area (Å²) in [4.78, 5) is 0.0714. The highest BCUT2D eigenvalue weighted by atomic mass is 127. The van der Waals surface area contributed by atoms with Crippen molar-refractivity contribution < 1.29 is 12.6 Å². The number of rotatable bonds is 3. The van der Waals surface area contributed by atoms with Gasteiger partial charge >= 0.3 is 0 Å². The Labute approximate surface area is 107 Å². The van der Waals surface area contributed by atoms with Crippen LogP contribution in [0.3, 0.4) is 0 Å². The van der Waals surface area contributed by atoms with E-state index in [1.165, 1.54) is 24.3 Å². The predicted molar refractivity (Wildman–Crippen MR) is 66.4 cm³/mol. The van der Waals surface area contributed by atoms with E-state index in [1.54, 1.807) is 22.6 Å². The number of hydrogen-bond donors (Lipinski definition) is 0. The molecule has 0 atom stereocenters. The molecular formula is C9H6ClIO3S. The lowest BCUT2D eigenvalue weighted by Gasteiger charge is -2.02. The molecule has 6 heteroatoms. The summed E-state index contributed by atoms with van der Waals surface area (Å²) in [5, 5.41) is 0.473. The zero-order valence-corrected chi connectivity index (χ0v) is 11.1. The minimum Gasteiger partial charge on any atom is -0.253 e. The molecule has 0 aromatic heterocycles. The summed E-state index contributed by atoms with van der Waals surface area (Å²) >= 11 is 7.43. The lowest BCUT2D eigenvalue weighted by atomic mass is 10.4. The van der Waals surface area contributed by atoms with Crippen LogP contribution >= 0.6 is 34.2 Å². The molecule has 0 bridgehead atoms. The molecule has 1 aromatic rings. The molecule has 1 aromatic carbocycles. The lowest BCUT2D eigenvalue weighted by molar-refractivity contribution is 0.363. The van der Waals surface area contributed by atoms with Gasteiger partial charge < -0.3 is 0 Å². The third-order valence-corrected chi connectivity index (χ3v) is 3.37. The van der Waals surface area contributed by atoms with E-state index in [2.05, 4.69) is 14.0 Å². The van der Waals surface area contributed by atoms with Gasteiger partial charge in [0, 0.05) is 27.6 Å². The van der Waals surface area contributed by atoms with Gasteiger partial charge in [0.25, 0.3) is 10.1 Å². The molecule has 0 heterocycles. The van der Waals surface area contributed by atoms with Crippen molar-refractivity contribution in [3.63, 3.8) is 0 Å². The first-order valence-electron chi connectivity index (χ1n) is 3.80. The first-order valence-corrected chi connectivity index (χ1v) is 6.66. The zero-order valence-electron chi connectivity index (χ0n) is 7.41. The molecule has 1 rings (SSSR count). The fourth-order valence-electron chi connectivity index (χ4n) is 0.804. The van der Waals surface area contributed by atoms with Gasteiger partial charge in [0.1, 0.15) is 6.61 Å². The number of benzene rings is 1. The van der Waals surface area contributed by atoms with Crippen LogP contribution in [0, 0.1) is 9.85 Å². The highest BCUT2D eigenvalue weighted by molar-refractivity contribution is 14.1. The molecule has 3 nitrogen and oxygen atoms in total. The van der Waals surface area contributed by atoms with E-state index in [0.717, 1.165) is 0 Å². The predicted octanol–water partition coefficient (Wildman–Crippen LogP) is 2.44. The molecule has 0 N–H and O–H groups in total. The summed E-state index contributed by atoms with van der Waals surface area (Å²) in [6.07, 6.45) is 0. The molecule has 0 saturated heterocycles. The van der Waals surface area contributed by atoms with E-state index in [4.69, 9.17) is 11.6 Å². The maximum absolute atomic E-state index is 11.5. The Hall–Kier alpha value is -0.290. The van der Waals surface area contributed by atoms with Crippen molar-refractivity contribution in [2.24, 2.45) is 0 Å². The summed E-state index contributed by atoms with van der Waals surface area (Å²) in [6.45, 7) is -0.145. The SMILES string of the molecule is O=S(=O)(OCC#CI)c1ccc(Cl)cc1. The average molecular weight is 357 g/mol. The maximum atomic E-state index is 11.5. The van der Waals surface area contributed by atoms with Gasteiger partial charge in [-0.15, -0.1) is 0 Å². The van der Waals surface area contributed by atoms with Crippen LogP contribution in [-0.2, 0) is 14.3 Å². The topological polar surface area (TPSA) is 43.4 Å². The molecule has 0 saturated carbocycles. The van der Waals surface area contributed by atoms with Crippen LogP contribution in [0.2, 0.25) is 5.02 Å². The first kappa shape index (κ1) is 12.8. The monoisotopic (exact) mass is 356 g/mol. The van der Waals surface area contributed by atoms with Crippen LogP contribution < -0.4 is 0 Å². The minimum atomic E-state index is -3.71. The molecule has 0 fully saturated rings. The zero-order chi connectivity index (χ0) is 11.3. The van der Waals surface area contributed by atoms with Crippen LogP contribution in [-0.4, -0.2) is 15.0 Å². The Morgan fingerprint density at radius 2 is 1.93 bits per heavy atom. The van der Waals surface area contributed by atoms with Crippen molar-refractivity contribution in [3.8, 4) is 9.85 Å². The molecular weight excluding hydrogens is 351 g/mol. The van der Waals surface area contributed by atoms with Gasteiger partial charge in [-0.25, -0.2) is 0 Å². The summed E-state index contributed by atoms with van der Waals surface area (Å²) in [6, 6.07) is 5.74. The summed E-state index contributed by atoms with van der Waals surface area (Å²) in [5.74, 6) is 2.49. The number of hydrogen-bond acceptors (Lipinski definition) is 3. The first-order chi connectivity index (χ1) is 7.06. The van der Waals surface area contributed by atoms with Gasteiger partial charge in [0.2, 0.25) is 0 Å².